The van der Waals surface area contributed by atoms with Crippen molar-refractivity contribution in [3.8, 4) is 0 Å². The van der Waals surface area contributed by atoms with Crippen LogP contribution in [0.25, 0.3) is 0 Å². The smallest absolute Gasteiger partial charge is 0.326 e. The normalized spacial score (nSPS) is 18.6. The number of carboxylic acids is 1. The summed E-state index contributed by atoms with van der Waals surface area (Å²) < 4.78 is 0. The zero-order valence-corrected chi connectivity index (χ0v) is 9.72. The topological polar surface area (TPSA) is 57.6 Å². The minimum atomic E-state index is -0.929. The average Bonchev–Trinajstić information content (AvgIpc) is 2.36. The van der Waals surface area contributed by atoms with E-state index >= 15 is 0 Å². The first kappa shape index (κ1) is 11.6. The third-order valence-corrected chi connectivity index (χ3v) is 3.16. The van der Waals surface area contributed by atoms with Crippen LogP contribution in [-0.2, 0) is 22.6 Å². The van der Waals surface area contributed by atoms with Crippen LogP contribution >= 0.6 is 0 Å². The van der Waals surface area contributed by atoms with Crippen LogP contribution in [-0.4, -0.2) is 27.9 Å². The molecule has 1 amide bonds. The molecule has 1 aromatic rings. The fourth-order valence-electron chi connectivity index (χ4n) is 2.21. The Morgan fingerprint density at radius 2 is 2.00 bits per heavy atom. The molecule has 1 heterocycles. The molecule has 1 atom stereocenters. The Morgan fingerprint density at radius 1 is 1.35 bits per heavy atom. The first-order valence-electron chi connectivity index (χ1n) is 5.72. The maximum absolute atomic E-state index is 11.8. The van der Waals surface area contributed by atoms with Crippen LogP contribution in [0, 0.1) is 0 Å². The Hall–Kier alpha value is -1.84. The fourth-order valence-corrected chi connectivity index (χ4v) is 2.21. The molecule has 1 aromatic carbocycles. The quantitative estimate of drug-likeness (QED) is 0.840. The summed E-state index contributed by atoms with van der Waals surface area (Å²) in [5.41, 5.74) is 2.08. The molecule has 0 saturated heterocycles. The lowest BCUT2D eigenvalue weighted by molar-refractivity contribution is -0.151. The third kappa shape index (κ3) is 2.16. The van der Waals surface area contributed by atoms with E-state index in [1.807, 2.05) is 24.3 Å². The summed E-state index contributed by atoms with van der Waals surface area (Å²) in [5.74, 6) is -1.03. The zero-order valence-electron chi connectivity index (χ0n) is 9.72. The lowest BCUT2D eigenvalue weighted by Crippen LogP contribution is -2.48. The predicted molar refractivity (Wildman–Crippen MR) is 62.4 cm³/mol. The molecule has 0 spiro atoms. The SMILES string of the molecule is CCC(=O)N1Cc2ccccc2C[C@H]1C(=O)O. The van der Waals surface area contributed by atoms with Crippen molar-refractivity contribution in [1.29, 1.82) is 0 Å². The number of hydrogen-bond acceptors (Lipinski definition) is 2. The molecule has 1 aliphatic rings. The second-order valence-electron chi connectivity index (χ2n) is 4.20. The summed E-state index contributed by atoms with van der Waals surface area (Å²) >= 11 is 0. The van der Waals surface area contributed by atoms with E-state index in [0.29, 0.717) is 19.4 Å². The van der Waals surface area contributed by atoms with Crippen molar-refractivity contribution >= 4 is 11.9 Å². The summed E-state index contributed by atoms with van der Waals surface area (Å²) in [5, 5.41) is 9.18. The maximum atomic E-state index is 11.8. The van der Waals surface area contributed by atoms with Crippen LogP contribution in [0.3, 0.4) is 0 Å². The van der Waals surface area contributed by atoms with E-state index in [0.717, 1.165) is 11.1 Å². The van der Waals surface area contributed by atoms with E-state index in [-0.39, 0.29) is 5.91 Å². The van der Waals surface area contributed by atoms with E-state index in [1.165, 1.54) is 4.90 Å². The highest BCUT2D eigenvalue weighted by Gasteiger charge is 2.33. The molecule has 0 unspecified atom stereocenters. The van der Waals surface area contributed by atoms with E-state index in [9.17, 15) is 14.7 Å². The van der Waals surface area contributed by atoms with Crippen molar-refractivity contribution in [2.24, 2.45) is 0 Å². The van der Waals surface area contributed by atoms with Crippen LogP contribution < -0.4 is 0 Å². The molecule has 0 saturated carbocycles. The Morgan fingerprint density at radius 3 is 2.59 bits per heavy atom. The van der Waals surface area contributed by atoms with Crippen LogP contribution in [0.4, 0.5) is 0 Å². The fraction of sp³-hybridized carbons (Fsp3) is 0.385. The molecule has 4 heteroatoms. The number of carbonyl (C=O) groups excluding carboxylic acids is 1. The van der Waals surface area contributed by atoms with Gasteiger partial charge in [-0.3, -0.25) is 4.79 Å². The number of aliphatic carboxylic acids is 1. The number of nitrogens with zero attached hydrogens (tertiary/aromatic N) is 1. The molecule has 0 fully saturated rings. The highest BCUT2D eigenvalue weighted by molar-refractivity contribution is 5.84. The maximum Gasteiger partial charge on any atom is 0.326 e. The van der Waals surface area contributed by atoms with Crippen LogP contribution in [0.2, 0.25) is 0 Å². The van der Waals surface area contributed by atoms with Crippen LogP contribution in [0.15, 0.2) is 24.3 Å². The van der Waals surface area contributed by atoms with Gasteiger partial charge in [-0.25, -0.2) is 4.79 Å². The summed E-state index contributed by atoms with van der Waals surface area (Å²) in [4.78, 5) is 24.4. The number of fused-ring (bicyclic) bond motifs is 1. The average molecular weight is 233 g/mol. The van der Waals surface area contributed by atoms with E-state index in [4.69, 9.17) is 0 Å². The standard InChI is InChI=1S/C13H15NO3/c1-2-12(15)14-8-10-6-4-3-5-9(10)7-11(14)13(16)17/h3-6,11H,2,7-8H2,1H3,(H,16,17)/t11-/m0/s1. The predicted octanol–water partition coefficient (Wildman–Crippen LogP) is 1.43. The molecule has 0 aromatic heterocycles. The number of benzene rings is 1. The summed E-state index contributed by atoms with van der Waals surface area (Å²) in [6, 6.07) is 6.96. The minimum Gasteiger partial charge on any atom is -0.480 e. The summed E-state index contributed by atoms with van der Waals surface area (Å²) in [6.07, 6.45) is 0.739. The Labute approximate surface area is 99.9 Å². The van der Waals surface area contributed by atoms with Crippen molar-refractivity contribution in [3.05, 3.63) is 35.4 Å². The molecule has 2 rings (SSSR count). The lowest BCUT2D eigenvalue weighted by atomic mass is 9.94. The van der Waals surface area contributed by atoms with Crippen molar-refractivity contribution in [1.82, 2.24) is 4.90 Å². The Balaban J connectivity index is 2.34. The van der Waals surface area contributed by atoms with Gasteiger partial charge in [-0.1, -0.05) is 31.2 Å². The van der Waals surface area contributed by atoms with Gasteiger partial charge in [0, 0.05) is 19.4 Å². The van der Waals surface area contributed by atoms with Crippen molar-refractivity contribution < 1.29 is 14.7 Å². The molecule has 4 nitrogen and oxygen atoms in total. The van der Waals surface area contributed by atoms with Gasteiger partial charge in [0.05, 0.1) is 0 Å². The van der Waals surface area contributed by atoms with Gasteiger partial charge in [0.2, 0.25) is 5.91 Å². The highest BCUT2D eigenvalue weighted by Crippen LogP contribution is 2.23. The molecule has 17 heavy (non-hydrogen) atoms. The summed E-state index contributed by atoms with van der Waals surface area (Å²) in [7, 11) is 0. The van der Waals surface area contributed by atoms with Crippen LogP contribution in [0.1, 0.15) is 24.5 Å². The number of amides is 1. The number of hydrogen-bond donors (Lipinski definition) is 1. The lowest BCUT2D eigenvalue weighted by Gasteiger charge is -2.34. The molecular formula is C13H15NO3. The van der Waals surface area contributed by atoms with E-state index in [1.54, 1.807) is 6.92 Å². The van der Waals surface area contributed by atoms with Crippen molar-refractivity contribution in [3.63, 3.8) is 0 Å². The molecular weight excluding hydrogens is 218 g/mol. The largest absolute Gasteiger partial charge is 0.480 e. The van der Waals surface area contributed by atoms with Gasteiger partial charge >= 0.3 is 5.97 Å². The summed E-state index contributed by atoms with van der Waals surface area (Å²) in [6.45, 7) is 2.15. The second-order valence-corrected chi connectivity index (χ2v) is 4.20. The first-order valence-corrected chi connectivity index (χ1v) is 5.72. The zero-order chi connectivity index (χ0) is 12.4. The van der Waals surface area contributed by atoms with Crippen LogP contribution in [0.5, 0.6) is 0 Å². The molecule has 0 radical (unpaired) electrons. The molecule has 0 bridgehead atoms. The number of carboxylic acid groups (broad SMARTS) is 1. The van der Waals surface area contributed by atoms with Gasteiger partial charge in [0.15, 0.2) is 0 Å². The van der Waals surface area contributed by atoms with E-state index < -0.39 is 12.0 Å². The highest BCUT2D eigenvalue weighted by atomic mass is 16.4. The van der Waals surface area contributed by atoms with Gasteiger partial charge in [-0.05, 0) is 11.1 Å². The number of rotatable bonds is 2. The van der Waals surface area contributed by atoms with Gasteiger partial charge in [0.25, 0.3) is 0 Å². The molecule has 1 aliphatic heterocycles. The Kier molecular flexibility index (Phi) is 3.13. The van der Waals surface area contributed by atoms with Gasteiger partial charge < -0.3 is 10.0 Å². The second kappa shape index (κ2) is 4.57. The van der Waals surface area contributed by atoms with Gasteiger partial charge in [-0.2, -0.15) is 0 Å². The van der Waals surface area contributed by atoms with E-state index in [2.05, 4.69) is 0 Å². The van der Waals surface area contributed by atoms with Crippen molar-refractivity contribution in [2.75, 3.05) is 0 Å². The number of carbonyl (C=O) groups is 2. The Bertz CT molecular complexity index is 456. The van der Waals surface area contributed by atoms with Gasteiger partial charge in [-0.15, -0.1) is 0 Å². The molecule has 1 N–H and O–H groups in total. The third-order valence-electron chi connectivity index (χ3n) is 3.16. The minimum absolute atomic E-state index is 0.105. The van der Waals surface area contributed by atoms with Crippen molar-refractivity contribution in [2.45, 2.75) is 32.4 Å². The molecule has 0 aliphatic carbocycles. The molecule has 90 valence electrons. The first-order chi connectivity index (χ1) is 8.13. The van der Waals surface area contributed by atoms with Gasteiger partial charge in [0.1, 0.15) is 6.04 Å². The monoisotopic (exact) mass is 233 g/mol.